The molecule has 1 unspecified atom stereocenters. The van der Waals surface area contributed by atoms with Crippen molar-refractivity contribution in [2.45, 2.75) is 18.9 Å². The lowest BCUT2D eigenvalue weighted by molar-refractivity contribution is 0.657. The number of nitrogens with zero attached hydrogens (tertiary/aromatic N) is 1. The Kier molecular flexibility index (Phi) is 4.65. The van der Waals surface area contributed by atoms with Gasteiger partial charge in [0.25, 0.3) is 0 Å². The van der Waals surface area contributed by atoms with Gasteiger partial charge in [-0.05, 0) is 24.9 Å². The summed E-state index contributed by atoms with van der Waals surface area (Å²) in [5.74, 6) is 1.15. The lowest BCUT2D eigenvalue weighted by Crippen LogP contribution is -2.22. The van der Waals surface area contributed by atoms with Crippen molar-refractivity contribution in [1.82, 2.24) is 4.98 Å². The number of hydrogen-bond donors (Lipinski definition) is 1. The van der Waals surface area contributed by atoms with Crippen LogP contribution in [0.2, 0.25) is 0 Å². The summed E-state index contributed by atoms with van der Waals surface area (Å²) in [4.78, 5) is 5.31. The molecule has 0 amide bonds. The first kappa shape index (κ1) is 10.0. The lowest BCUT2D eigenvalue weighted by Gasteiger charge is -2.07. The van der Waals surface area contributed by atoms with E-state index in [4.69, 9.17) is 5.73 Å². The van der Waals surface area contributed by atoms with E-state index in [1.54, 1.807) is 11.3 Å². The summed E-state index contributed by atoms with van der Waals surface area (Å²) in [6.45, 7) is 0. The van der Waals surface area contributed by atoms with E-state index in [9.17, 15) is 0 Å². The molecule has 1 heterocycles. The first-order chi connectivity index (χ1) is 5.83. The van der Waals surface area contributed by atoms with Crippen LogP contribution in [0.5, 0.6) is 0 Å². The maximum atomic E-state index is 5.92. The summed E-state index contributed by atoms with van der Waals surface area (Å²) in [7, 11) is 0. The fourth-order valence-corrected chi connectivity index (χ4v) is 2.20. The van der Waals surface area contributed by atoms with Crippen molar-refractivity contribution in [3.63, 3.8) is 0 Å². The van der Waals surface area contributed by atoms with Gasteiger partial charge in [-0.3, -0.25) is 4.98 Å². The van der Waals surface area contributed by atoms with Gasteiger partial charge in [0.1, 0.15) is 0 Å². The van der Waals surface area contributed by atoms with Gasteiger partial charge in [-0.25, -0.2) is 0 Å². The quantitative estimate of drug-likeness (QED) is 0.791. The highest BCUT2D eigenvalue weighted by Gasteiger charge is 2.04. The Bertz CT molecular complexity index is 199. The Labute approximate surface area is 81.6 Å². The Hall–Kier alpha value is -0.0600. The molecule has 68 valence electrons. The van der Waals surface area contributed by atoms with E-state index in [0.717, 1.165) is 18.6 Å². The van der Waals surface area contributed by atoms with Crippen molar-refractivity contribution in [2.24, 2.45) is 5.73 Å². The average Bonchev–Trinajstić information content (AvgIpc) is 2.53. The van der Waals surface area contributed by atoms with Crippen molar-refractivity contribution in [3.05, 3.63) is 16.6 Å². The zero-order chi connectivity index (χ0) is 8.81. The molecule has 0 saturated heterocycles. The van der Waals surface area contributed by atoms with E-state index < -0.39 is 0 Å². The van der Waals surface area contributed by atoms with Crippen LogP contribution in [0, 0.1) is 0 Å². The van der Waals surface area contributed by atoms with Crippen LogP contribution >= 0.6 is 23.1 Å². The Morgan fingerprint density at radius 2 is 2.58 bits per heavy atom. The van der Waals surface area contributed by atoms with Gasteiger partial charge in [0.15, 0.2) is 0 Å². The SMILES string of the molecule is CSCCC(N)Cc1cncs1. The second-order valence-corrected chi connectivity index (χ2v) is 4.67. The topological polar surface area (TPSA) is 38.9 Å². The summed E-state index contributed by atoms with van der Waals surface area (Å²) in [6.07, 6.45) is 6.09. The molecule has 0 aliphatic rings. The predicted octanol–water partition coefficient (Wildman–Crippen LogP) is 1.77. The molecule has 0 fully saturated rings. The minimum Gasteiger partial charge on any atom is -0.327 e. The number of nitrogens with two attached hydrogens (primary N) is 1. The number of aromatic nitrogens is 1. The first-order valence-electron chi connectivity index (χ1n) is 3.95. The molecule has 12 heavy (non-hydrogen) atoms. The molecule has 0 spiro atoms. The lowest BCUT2D eigenvalue weighted by atomic mass is 10.1. The second kappa shape index (κ2) is 5.56. The molecule has 0 bridgehead atoms. The van der Waals surface area contributed by atoms with E-state index in [1.807, 2.05) is 23.5 Å². The zero-order valence-electron chi connectivity index (χ0n) is 7.19. The maximum absolute atomic E-state index is 5.92. The standard InChI is InChI=1S/C8H14N2S2/c1-11-3-2-7(9)4-8-5-10-6-12-8/h5-7H,2-4,9H2,1H3. The van der Waals surface area contributed by atoms with Crippen LogP contribution in [0.3, 0.4) is 0 Å². The van der Waals surface area contributed by atoms with Crippen LogP contribution in [-0.2, 0) is 6.42 Å². The summed E-state index contributed by atoms with van der Waals surface area (Å²) in [5.41, 5.74) is 7.77. The normalized spacial score (nSPS) is 13.2. The van der Waals surface area contributed by atoms with Gasteiger partial charge in [-0.1, -0.05) is 0 Å². The molecule has 0 aliphatic heterocycles. The molecular weight excluding hydrogens is 188 g/mol. The van der Waals surface area contributed by atoms with Gasteiger partial charge in [0.05, 0.1) is 5.51 Å². The summed E-state index contributed by atoms with van der Waals surface area (Å²) < 4.78 is 0. The van der Waals surface area contributed by atoms with Crippen molar-refractivity contribution in [2.75, 3.05) is 12.0 Å². The van der Waals surface area contributed by atoms with Crippen LogP contribution in [0.25, 0.3) is 0 Å². The van der Waals surface area contributed by atoms with E-state index in [0.29, 0.717) is 6.04 Å². The Morgan fingerprint density at radius 1 is 1.75 bits per heavy atom. The number of thioether (sulfide) groups is 1. The van der Waals surface area contributed by atoms with Gasteiger partial charge in [0, 0.05) is 17.1 Å². The smallest absolute Gasteiger partial charge is 0.0794 e. The summed E-state index contributed by atoms with van der Waals surface area (Å²) in [6, 6.07) is 0.304. The molecule has 0 radical (unpaired) electrons. The minimum absolute atomic E-state index is 0.304. The van der Waals surface area contributed by atoms with Gasteiger partial charge < -0.3 is 5.73 Å². The molecule has 2 N–H and O–H groups in total. The third-order valence-electron chi connectivity index (χ3n) is 1.64. The Morgan fingerprint density at radius 3 is 3.17 bits per heavy atom. The van der Waals surface area contributed by atoms with E-state index in [-0.39, 0.29) is 0 Å². The van der Waals surface area contributed by atoms with Gasteiger partial charge in [0.2, 0.25) is 0 Å². The fraction of sp³-hybridized carbons (Fsp3) is 0.625. The molecule has 4 heteroatoms. The third kappa shape index (κ3) is 3.56. The minimum atomic E-state index is 0.304. The van der Waals surface area contributed by atoms with Crippen molar-refractivity contribution in [3.8, 4) is 0 Å². The largest absolute Gasteiger partial charge is 0.327 e. The van der Waals surface area contributed by atoms with Crippen LogP contribution in [-0.4, -0.2) is 23.0 Å². The predicted molar refractivity (Wildman–Crippen MR) is 56.8 cm³/mol. The van der Waals surface area contributed by atoms with Gasteiger partial charge >= 0.3 is 0 Å². The average molecular weight is 202 g/mol. The molecule has 0 aromatic carbocycles. The second-order valence-electron chi connectivity index (χ2n) is 2.71. The monoisotopic (exact) mass is 202 g/mol. The number of hydrogen-bond acceptors (Lipinski definition) is 4. The maximum Gasteiger partial charge on any atom is 0.0794 e. The van der Waals surface area contributed by atoms with Crippen molar-refractivity contribution >= 4 is 23.1 Å². The Balaban J connectivity index is 2.22. The molecular formula is C8H14N2S2. The number of thiazole rings is 1. The summed E-state index contributed by atoms with van der Waals surface area (Å²) >= 11 is 3.54. The number of rotatable bonds is 5. The first-order valence-corrected chi connectivity index (χ1v) is 6.22. The molecule has 0 aliphatic carbocycles. The third-order valence-corrected chi connectivity index (χ3v) is 3.09. The van der Waals surface area contributed by atoms with Crippen LogP contribution in [0.15, 0.2) is 11.7 Å². The molecule has 1 atom stereocenters. The van der Waals surface area contributed by atoms with Crippen LogP contribution in [0.4, 0.5) is 0 Å². The molecule has 1 aromatic heterocycles. The van der Waals surface area contributed by atoms with E-state index >= 15 is 0 Å². The van der Waals surface area contributed by atoms with Gasteiger partial charge in [-0.2, -0.15) is 11.8 Å². The zero-order valence-corrected chi connectivity index (χ0v) is 8.83. The van der Waals surface area contributed by atoms with Crippen LogP contribution in [0.1, 0.15) is 11.3 Å². The van der Waals surface area contributed by atoms with Crippen molar-refractivity contribution < 1.29 is 0 Å². The highest BCUT2D eigenvalue weighted by Crippen LogP contribution is 2.10. The molecule has 1 rings (SSSR count). The van der Waals surface area contributed by atoms with E-state index in [2.05, 4.69) is 11.2 Å². The fourth-order valence-electron chi connectivity index (χ4n) is 0.973. The van der Waals surface area contributed by atoms with Crippen LogP contribution < -0.4 is 5.73 Å². The van der Waals surface area contributed by atoms with Gasteiger partial charge in [-0.15, -0.1) is 11.3 Å². The molecule has 1 aromatic rings. The molecule has 0 saturated carbocycles. The van der Waals surface area contributed by atoms with Crippen molar-refractivity contribution in [1.29, 1.82) is 0 Å². The highest BCUT2D eigenvalue weighted by molar-refractivity contribution is 7.98. The van der Waals surface area contributed by atoms with E-state index in [1.165, 1.54) is 4.88 Å². The highest BCUT2D eigenvalue weighted by atomic mass is 32.2. The molecule has 2 nitrogen and oxygen atoms in total. The summed E-state index contributed by atoms with van der Waals surface area (Å²) in [5, 5.41) is 0.